The predicted molar refractivity (Wildman–Crippen MR) is 211 cm³/mol. The van der Waals surface area contributed by atoms with E-state index < -0.39 is 0 Å². The van der Waals surface area contributed by atoms with Gasteiger partial charge in [0, 0.05) is 23.2 Å². The molecule has 0 fully saturated rings. The molecule has 0 N–H and O–H groups in total. The van der Waals surface area contributed by atoms with Crippen LogP contribution in [0.25, 0.3) is 44.4 Å². The summed E-state index contributed by atoms with van der Waals surface area (Å²) in [6, 6.07) is 47.5. The first-order valence-corrected chi connectivity index (χ1v) is 17.8. The van der Waals surface area contributed by atoms with Gasteiger partial charge in [-0.2, -0.15) is 6.07 Å². The Labute approximate surface area is 330 Å². The van der Waals surface area contributed by atoms with Crippen LogP contribution in [0.2, 0.25) is 0 Å². The molecule has 54 heavy (non-hydrogen) atoms. The van der Waals surface area contributed by atoms with Gasteiger partial charge >= 0.3 is 21.1 Å². The van der Waals surface area contributed by atoms with E-state index in [2.05, 4.69) is 99.8 Å². The SMILES string of the molecule is COc1nn(-c2[c-]c(Oc3[c-]c4c(cc3)c3ccccc3n4-c3cc(C(C)(C)C)ccn3)cc(C(C)C)c2)c(Oc2ccccc2)c1-c1ccccc1.[Pt+2]. The zero-order valence-corrected chi connectivity index (χ0v) is 33.3. The van der Waals surface area contributed by atoms with Crippen molar-refractivity contribution in [1.82, 2.24) is 19.3 Å². The van der Waals surface area contributed by atoms with Crippen molar-refractivity contribution in [2.75, 3.05) is 7.11 Å². The molecule has 0 aliphatic carbocycles. The van der Waals surface area contributed by atoms with Gasteiger partial charge in [0.15, 0.2) is 0 Å². The van der Waals surface area contributed by atoms with Crippen LogP contribution < -0.4 is 14.2 Å². The Bertz CT molecular complexity index is 2570. The zero-order chi connectivity index (χ0) is 36.7. The molecule has 0 amide bonds. The van der Waals surface area contributed by atoms with Crippen molar-refractivity contribution in [3.63, 3.8) is 0 Å². The van der Waals surface area contributed by atoms with Crippen LogP contribution in [-0.2, 0) is 26.5 Å². The van der Waals surface area contributed by atoms with Gasteiger partial charge in [0.05, 0.1) is 7.11 Å². The summed E-state index contributed by atoms with van der Waals surface area (Å²) in [7, 11) is 1.62. The summed E-state index contributed by atoms with van der Waals surface area (Å²) < 4.78 is 23.0. The van der Waals surface area contributed by atoms with E-state index in [1.165, 1.54) is 5.56 Å². The molecule has 0 atom stereocenters. The van der Waals surface area contributed by atoms with Crippen LogP contribution in [0.1, 0.15) is 51.7 Å². The summed E-state index contributed by atoms with van der Waals surface area (Å²) in [5, 5.41) is 7.11. The summed E-state index contributed by atoms with van der Waals surface area (Å²) >= 11 is 0. The van der Waals surface area contributed by atoms with Crippen LogP contribution in [0.15, 0.2) is 128 Å². The fraction of sp³-hybridized carbons (Fsp3) is 0.174. The first-order chi connectivity index (χ1) is 25.7. The molecule has 5 aromatic carbocycles. The molecule has 3 aromatic heterocycles. The number of rotatable bonds is 9. The van der Waals surface area contributed by atoms with Gasteiger partial charge in [-0.15, -0.1) is 46.4 Å². The molecule has 3 heterocycles. The van der Waals surface area contributed by atoms with E-state index in [9.17, 15) is 0 Å². The molecule has 0 spiro atoms. The second-order valence-corrected chi connectivity index (χ2v) is 14.4. The van der Waals surface area contributed by atoms with Crippen LogP contribution in [0.5, 0.6) is 29.0 Å². The van der Waals surface area contributed by atoms with Crippen LogP contribution >= 0.6 is 0 Å². The molecule has 8 aromatic rings. The van der Waals surface area contributed by atoms with Gasteiger partial charge in [0.25, 0.3) is 0 Å². The second-order valence-electron chi connectivity index (χ2n) is 14.4. The summed E-state index contributed by atoms with van der Waals surface area (Å²) in [5.41, 5.74) is 6.45. The monoisotopic (exact) mass is 891 g/mol. The molecule has 8 rings (SSSR count). The first-order valence-electron chi connectivity index (χ1n) is 17.8. The maximum Gasteiger partial charge on any atom is 2.00 e. The van der Waals surface area contributed by atoms with Gasteiger partial charge < -0.3 is 18.8 Å². The number of fused-ring (bicyclic) bond motifs is 3. The minimum atomic E-state index is -0.0319. The molecule has 0 saturated heterocycles. The number of hydrogen-bond acceptors (Lipinski definition) is 5. The van der Waals surface area contributed by atoms with Gasteiger partial charge in [0.2, 0.25) is 11.8 Å². The Morgan fingerprint density at radius 3 is 2.17 bits per heavy atom. The van der Waals surface area contributed by atoms with Crippen molar-refractivity contribution in [2.24, 2.45) is 0 Å². The van der Waals surface area contributed by atoms with E-state index in [1.54, 1.807) is 11.8 Å². The topological polar surface area (TPSA) is 63.3 Å². The molecular weight excluding hydrogens is 852 g/mol. The predicted octanol–water partition coefficient (Wildman–Crippen LogP) is 11.6. The molecule has 7 nitrogen and oxygen atoms in total. The van der Waals surface area contributed by atoms with Crippen molar-refractivity contribution in [2.45, 2.75) is 46.0 Å². The van der Waals surface area contributed by atoms with Gasteiger partial charge in [-0.1, -0.05) is 107 Å². The second kappa shape index (κ2) is 15.0. The molecular formula is C46H40N4O3Pt. The van der Waals surface area contributed by atoms with Crippen LogP contribution in [-0.4, -0.2) is 26.4 Å². The van der Waals surface area contributed by atoms with E-state index in [4.69, 9.17) is 24.3 Å². The Balaban J connectivity index is 0.00000450. The number of benzene rings is 5. The van der Waals surface area contributed by atoms with E-state index in [0.717, 1.165) is 44.3 Å². The third kappa shape index (κ3) is 7.04. The summed E-state index contributed by atoms with van der Waals surface area (Å²) in [6.45, 7) is 10.9. The molecule has 0 aliphatic rings. The molecule has 0 radical (unpaired) electrons. The summed E-state index contributed by atoms with van der Waals surface area (Å²) in [6.07, 6.45) is 1.88. The average molecular weight is 892 g/mol. The molecule has 0 saturated carbocycles. The van der Waals surface area contributed by atoms with Gasteiger partial charge in [0.1, 0.15) is 17.1 Å². The smallest absolute Gasteiger partial charge is 0.509 e. The molecule has 0 bridgehead atoms. The Kier molecular flexibility index (Phi) is 10.2. The minimum Gasteiger partial charge on any atom is -0.509 e. The fourth-order valence-electron chi connectivity index (χ4n) is 6.59. The summed E-state index contributed by atoms with van der Waals surface area (Å²) in [5.74, 6) is 3.71. The Hall–Kier alpha value is -5.65. The average Bonchev–Trinajstić information content (AvgIpc) is 3.70. The Morgan fingerprint density at radius 1 is 0.722 bits per heavy atom. The van der Waals surface area contributed by atoms with E-state index >= 15 is 0 Å². The van der Waals surface area contributed by atoms with E-state index in [0.29, 0.717) is 34.7 Å². The minimum absolute atomic E-state index is 0. The first kappa shape index (κ1) is 36.7. The van der Waals surface area contributed by atoms with Crippen molar-refractivity contribution in [1.29, 1.82) is 0 Å². The quantitative estimate of drug-likeness (QED) is 0.135. The number of methoxy groups -OCH3 is 1. The van der Waals surface area contributed by atoms with Gasteiger partial charge in [-0.25, -0.2) is 9.67 Å². The normalized spacial score (nSPS) is 11.5. The van der Waals surface area contributed by atoms with Crippen molar-refractivity contribution >= 4 is 21.8 Å². The number of pyridine rings is 1. The standard InChI is InChI=1S/C46H40N4O3.Pt/c1-30(2)32-25-34(50-45(53-35-17-11-8-12-18-35)43(44(48-50)51-6)31-15-9-7-10-16-31)28-37(26-32)52-36-21-22-39-38-19-13-14-20-40(38)49(41(39)29-36)42-27-33(23-24-47-42)46(3,4)5;/h7-27,30H,1-6H3;/q-2;+2. The maximum absolute atomic E-state index is 6.65. The summed E-state index contributed by atoms with van der Waals surface area (Å²) in [4.78, 5) is 4.83. The number of hydrogen-bond donors (Lipinski definition) is 0. The van der Waals surface area contributed by atoms with Crippen LogP contribution in [0.3, 0.4) is 0 Å². The maximum atomic E-state index is 6.65. The van der Waals surface area contributed by atoms with Crippen molar-refractivity contribution in [3.8, 4) is 51.6 Å². The van der Waals surface area contributed by atoms with Crippen molar-refractivity contribution in [3.05, 3.63) is 151 Å². The largest absolute Gasteiger partial charge is 2.00 e. The van der Waals surface area contributed by atoms with E-state index in [-0.39, 0.29) is 32.4 Å². The number of aromatic nitrogens is 4. The van der Waals surface area contributed by atoms with Gasteiger partial charge in [-0.05, 0) is 63.9 Å². The molecule has 8 heteroatoms. The van der Waals surface area contributed by atoms with E-state index in [1.807, 2.05) is 79.0 Å². The number of para-hydroxylation sites is 2. The Morgan fingerprint density at radius 2 is 1.44 bits per heavy atom. The van der Waals surface area contributed by atoms with Gasteiger partial charge in [-0.3, -0.25) is 0 Å². The van der Waals surface area contributed by atoms with Crippen LogP contribution in [0.4, 0.5) is 0 Å². The zero-order valence-electron chi connectivity index (χ0n) is 31.0. The van der Waals surface area contributed by atoms with Crippen molar-refractivity contribution < 1.29 is 35.3 Å². The van der Waals surface area contributed by atoms with Crippen LogP contribution in [0, 0.1) is 12.1 Å². The number of ether oxygens (including phenoxy) is 3. The third-order valence-electron chi connectivity index (χ3n) is 9.39. The number of nitrogens with zero attached hydrogens (tertiary/aromatic N) is 4. The molecule has 272 valence electrons. The fourth-order valence-corrected chi connectivity index (χ4v) is 6.59. The molecule has 0 aliphatic heterocycles. The third-order valence-corrected chi connectivity index (χ3v) is 9.39. The molecule has 0 unspecified atom stereocenters.